The Morgan fingerprint density at radius 2 is 1.71 bits per heavy atom. The number of rotatable bonds is 9. The third-order valence-electron chi connectivity index (χ3n) is 5.77. The minimum atomic E-state index is -0.122. The molecule has 1 atom stereocenters. The lowest BCUT2D eigenvalue weighted by atomic mass is 10.1. The zero-order valence-corrected chi connectivity index (χ0v) is 20.1. The van der Waals surface area contributed by atoms with Crippen LogP contribution in [0.4, 0.5) is 0 Å². The Balaban J connectivity index is 1.34. The molecular formula is C27H28N2O4S. The van der Waals surface area contributed by atoms with Gasteiger partial charge in [-0.1, -0.05) is 48.5 Å². The van der Waals surface area contributed by atoms with Gasteiger partial charge >= 0.3 is 0 Å². The van der Waals surface area contributed by atoms with Crippen molar-refractivity contribution in [3.05, 3.63) is 95.1 Å². The summed E-state index contributed by atoms with van der Waals surface area (Å²) in [7, 11) is 3.21. The highest BCUT2D eigenvalue weighted by molar-refractivity contribution is 8.00. The molecule has 0 radical (unpaired) electrons. The fourth-order valence-corrected chi connectivity index (χ4v) is 5.13. The Morgan fingerprint density at radius 1 is 0.971 bits per heavy atom. The van der Waals surface area contributed by atoms with Crippen LogP contribution in [0, 0.1) is 0 Å². The zero-order valence-electron chi connectivity index (χ0n) is 19.3. The van der Waals surface area contributed by atoms with E-state index in [4.69, 9.17) is 9.47 Å². The van der Waals surface area contributed by atoms with Crippen molar-refractivity contribution in [2.24, 2.45) is 0 Å². The molecule has 1 unspecified atom stereocenters. The first kappa shape index (κ1) is 23.7. The van der Waals surface area contributed by atoms with Crippen LogP contribution < -0.4 is 14.8 Å². The molecule has 1 aliphatic heterocycles. The number of thioether (sulfide) groups is 1. The molecule has 7 heteroatoms. The van der Waals surface area contributed by atoms with Crippen LogP contribution in [0.5, 0.6) is 11.5 Å². The lowest BCUT2D eigenvalue weighted by Gasteiger charge is -2.24. The van der Waals surface area contributed by atoms with Crippen LogP contribution in [0.1, 0.15) is 32.4 Å². The maximum atomic E-state index is 12.6. The van der Waals surface area contributed by atoms with Crippen LogP contribution in [0.15, 0.2) is 72.8 Å². The second-order valence-corrected chi connectivity index (χ2v) is 9.06. The van der Waals surface area contributed by atoms with E-state index >= 15 is 0 Å². The van der Waals surface area contributed by atoms with Crippen LogP contribution >= 0.6 is 11.8 Å². The number of amides is 2. The highest BCUT2D eigenvalue weighted by Gasteiger charge is 2.32. The van der Waals surface area contributed by atoms with E-state index in [-0.39, 0.29) is 17.2 Å². The SMILES string of the molecule is COc1ccc(CCNC(=O)c2ccc(C3SCC(=O)N3Cc3ccccc3)cc2)cc1OC. The fourth-order valence-electron chi connectivity index (χ4n) is 3.94. The van der Waals surface area contributed by atoms with Gasteiger partial charge in [0.25, 0.3) is 5.91 Å². The summed E-state index contributed by atoms with van der Waals surface area (Å²) in [4.78, 5) is 27.0. The van der Waals surface area contributed by atoms with Gasteiger partial charge in [-0.05, 0) is 47.4 Å². The molecule has 6 nitrogen and oxygen atoms in total. The second kappa shape index (κ2) is 11.1. The Bertz CT molecular complexity index is 1140. The van der Waals surface area contributed by atoms with Gasteiger partial charge in [0.2, 0.25) is 5.91 Å². The molecule has 34 heavy (non-hydrogen) atoms. The highest BCUT2D eigenvalue weighted by Crippen LogP contribution is 2.39. The van der Waals surface area contributed by atoms with E-state index in [0.29, 0.717) is 42.3 Å². The molecule has 4 rings (SSSR count). The van der Waals surface area contributed by atoms with E-state index in [1.54, 1.807) is 26.0 Å². The monoisotopic (exact) mass is 476 g/mol. The van der Waals surface area contributed by atoms with Gasteiger partial charge in [-0.25, -0.2) is 0 Å². The Hall–Kier alpha value is -3.45. The molecule has 3 aromatic carbocycles. The van der Waals surface area contributed by atoms with Crippen molar-refractivity contribution in [2.45, 2.75) is 18.3 Å². The third kappa shape index (κ3) is 5.54. The molecule has 1 N–H and O–H groups in total. The van der Waals surface area contributed by atoms with Crippen molar-refractivity contribution in [3.8, 4) is 11.5 Å². The van der Waals surface area contributed by atoms with Crippen molar-refractivity contribution in [1.29, 1.82) is 0 Å². The molecule has 176 valence electrons. The Kier molecular flexibility index (Phi) is 7.75. The van der Waals surface area contributed by atoms with Gasteiger partial charge in [0.05, 0.1) is 20.0 Å². The average Bonchev–Trinajstić information content (AvgIpc) is 3.24. The number of methoxy groups -OCH3 is 2. The molecule has 0 bridgehead atoms. The Labute approximate surface area is 204 Å². The van der Waals surface area contributed by atoms with E-state index in [1.165, 1.54) is 0 Å². The molecule has 1 saturated heterocycles. The van der Waals surface area contributed by atoms with Crippen molar-refractivity contribution in [1.82, 2.24) is 10.2 Å². The maximum Gasteiger partial charge on any atom is 0.251 e. The fraction of sp³-hybridized carbons (Fsp3) is 0.259. The summed E-state index contributed by atoms with van der Waals surface area (Å²) in [5.74, 6) is 1.83. The van der Waals surface area contributed by atoms with Crippen LogP contribution in [0.2, 0.25) is 0 Å². The van der Waals surface area contributed by atoms with Gasteiger partial charge in [0.1, 0.15) is 5.37 Å². The van der Waals surface area contributed by atoms with Gasteiger partial charge in [-0.2, -0.15) is 0 Å². The summed E-state index contributed by atoms with van der Waals surface area (Å²) in [6.45, 7) is 1.09. The normalized spacial score (nSPS) is 15.3. The van der Waals surface area contributed by atoms with Crippen molar-refractivity contribution in [3.63, 3.8) is 0 Å². The summed E-state index contributed by atoms with van der Waals surface area (Å²) < 4.78 is 10.6. The molecule has 0 spiro atoms. The Morgan fingerprint density at radius 3 is 2.41 bits per heavy atom. The first-order valence-corrected chi connectivity index (χ1v) is 12.2. The predicted octanol–water partition coefficient (Wildman–Crippen LogP) is 4.45. The molecule has 1 aliphatic rings. The summed E-state index contributed by atoms with van der Waals surface area (Å²) >= 11 is 1.62. The number of carbonyl (C=O) groups is 2. The lowest BCUT2D eigenvalue weighted by Crippen LogP contribution is -2.28. The van der Waals surface area contributed by atoms with Crippen molar-refractivity contribution in [2.75, 3.05) is 26.5 Å². The number of carbonyl (C=O) groups excluding carboxylic acids is 2. The topological polar surface area (TPSA) is 67.9 Å². The number of hydrogen-bond donors (Lipinski definition) is 1. The number of benzene rings is 3. The number of nitrogens with one attached hydrogen (secondary N) is 1. The summed E-state index contributed by atoms with van der Waals surface area (Å²) in [6.07, 6.45) is 0.680. The van der Waals surface area contributed by atoms with Gasteiger partial charge in [-0.15, -0.1) is 11.8 Å². The predicted molar refractivity (Wildman–Crippen MR) is 134 cm³/mol. The van der Waals surface area contributed by atoms with E-state index in [1.807, 2.05) is 77.7 Å². The van der Waals surface area contributed by atoms with Crippen LogP contribution in [-0.2, 0) is 17.8 Å². The molecule has 1 fully saturated rings. The summed E-state index contributed by atoms with van der Waals surface area (Å²) in [5.41, 5.74) is 3.78. The summed E-state index contributed by atoms with van der Waals surface area (Å²) in [5, 5.41) is 2.92. The molecule has 2 amide bonds. The van der Waals surface area contributed by atoms with Gasteiger partial charge in [0, 0.05) is 18.7 Å². The third-order valence-corrected chi connectivity index (χ3v) is 7.03. The molecular weight excluding hydrogens is 448 g/mol. The summed E-state index contributed by atoms with van der Waals surface area (Å²) in [6, 6.07) is 23.3. The quantitative estimate of drug-likeness (QED) is 0.494. The molecule has 1 heterocycles. The van der Waals surface area contributed by atoms with Gasteiger partial charge in [-0.3, -0.25) is 9.59 Å². The first-order valence-electron chi connectivity index (χ1n) is 11.1. The maximum absolute atomic E-state index is 12.6. The highest BCUT2D eigenvalue weighted by atomic mass is 32.2. The lowest BCUT2D eigenvalue weighted by molar-refractivity contribution is -0.128. The standard InChI is InChI=1S/C27H28N2O4S/c1-32-23-13-8-19(16-24(23)33-2)14-15-28-26(31)21-9-11-22(12-10-21)27-29(25(30)18-34-27)17-20-6-4-3-5-7-20/h3-13,16,27H,14-15,17-18H2,1-2H3,(H,28,31). The van der Waals surface area contributed by atoms with Crippen molar-refractivity contribution < 1.29 is 19.1 Å². The van der Waals surface area contributed by atoms with E-state index in [0.717, 1.165) is 16.7 Å². The number of nitrogens with zero attached hydrogens (tertiary/aromatic N) is 1. The largest absolute Gasteiger partial charge is 0.493 e. The zero-order chi connectivity index (χ0) is 23.9. The average molecular weight is 477 g/mol. The van der Waals surface area contributed by atoms with E-state index in [2.05, 4.69) is 5.32 Å². The second-order valence-electron chi connectivity index (χ2n) is 7.99. The molecule has 0 aromatic heterocycles. The van der Waals surface area contributed by atoms with Crippen LogP contribution in [-0.4, -0.2) is 43.2 Å². The number of ether oxygens (including phenoxy) is 2. The van der Waals surface area contributed by atoms with E-state index in [9.17, 15) is 9.59 Å². The smallest absolute Gasteiger partial charge is 0.251 e. The first-order chi connectivity index (χ1) is 16.6. The van der Waals surface area contributed by atoms with Crippen LogP contribution in [0.25, 0.3) is 0 Å². The molecule has 3 aromatic rings. The minimum Gasteiger partial charge on any atom is -0.493 e. The van der Waals surface area contributed by atoms with Gasteiger partial charge in [0.15, 0.2) is 11.5 Å². The number of hydrogen-bond acceptors (Lipinski definition) is 5. The van der Waals surface area contributed by atoms with Gasteiger partial charge < -0.3 is 19.7 Å². The van der Waals surface area contributed by atoms with Crippen molar-refractivity contribution >= 4 is 23.6 Å². The molecule has 0 aliphatic carbocycles. The minimum absolute atomic E-state index is 0.0464. The molecule has 0 saturated carbocycles. The van der Waals surface area contributed by atoms with Crippen LogP contribution in [0.3, 0.4) is 0 Å². The van der Waals surface area contributed by atoms with E-state index < -0.39 is 0 Å².